The molecule has 0 spiro atoms. The Morgan fingerprint density at radius 1 is 1.29 bits per heavy atom. The molecule has 2 aromatic rings. The first-order valence-corrected chi connectivity index (χ1v) is 7.84. The van der Waals surface area contributed by atoms with Crippen LogP contribution in [-0.2, 0) is 24.1 Å². The fraction of sp³-hybridized carbons (Fsp3) is 0.312. The maximum atomic E-state index is 12.0. The predicted molar refractivity (Wildman–Crippen MR) is 82.2 cm³/mol. The van der Waals surface area contributed by atoms with Crippen molar-refractivity contribution in [2.45, 2.75) is 32.1 Å². The largest absolute Gasteiger partial charge is 0.302 e. The number of thiazole rings is 1. The summed E-state index contributed by atoms with van der Waals surface area (Å²) < 4.78 is 0. The lowest BCUT2D eigenvalue weighted by Gasteiger charge is -2.06. The lowest BCUT2D eigenvalue weighted by atomic mass is 10.0. The molecule has 1 amide bonds. The standard InChI is InChI=1S/C16H15N3OS/c17-10-12-7-5-11(6-8-12)9-15(20)19-16-18-13-3-1-2-4-14(13)21-16/h5-8H,1-4,9H2,(H,18,19,20). The quantitative estimate of drug-likeness (QED) is 0.946. The first-order valence-electron chi connectivity index (χ1n) is 7.02. The van der Waals surface area contributed by atoms with Crippen molar-refractivity contribution in [3.63, 3.8) is 0 Å². The highest BCUT2D eigenvalue weighted by Gasteiger charge is 2.16. The Morgan fingerprint density at radius 3 is 2.76 bits per heavy atom. The first kappa shape index (κ1) is 13.8. The van der Waals surface area contributed by atoms with Crippen LogP contribution >= 0.6 is 11.3 Å². The van der Waals surface area contributed by atoms with Crippen molar-refractivity contribution >= 4 is 22.4 Å². The summed E-state index contributed by atoms with van der Waals surface area (Å²) in [7, 11) is 0. The number of nitriles is 1. The molecule has 1 N–H and O–H groups in total. The molecule has 1 heterocycles. The van der Waals surface area contributed by atoms with Gasteiger partial charge in [-0.05, 0) is 43.4 Å². The minimum absolute atomic E-state index is 0.0641. The molecule has 0 fully saturated rings. The van der Waals surface area contributed by atoms with Gasteiger partial charge in [0, 0.05) is 4.88 Å². The number of carbonyl (C=O) groups excluding carboxylic acids is 1. The second kappa shape index (κ2) is 6.06. The van der Waals surface area contributed by atoms with E-state index in [-0.39, 0.29) is 5.91 Å². The van der Waals surface area contributed by atoms with Crippen LogP contribution in [0, 0.1) is 11.3 Å². The van der Waals surface area contributed by atoms with E-state index >= 15 is 0 Å². The zero-order valence-corrected chi connectivity index (χ0v) is 12.4. The van der Waals surface area contributed by atoms with Crippen LogP contribution in [-0.4, -0.2) is 10.9 Å². The number of nitrogens with zero attached hydrogens (tertiary/aromatic N) is 2. The van der Waals surface area contributed by atoms with Crippen molar-refractivity contribution in [2.75, 3.05) is 5.32 Å². The van der Waals surface area contributed by atoms with E-state index in [1.54, 1.807) is 23.5 Å². The van der Waals surface area contributed by atoms with Crippen molar-refractivity contribution in [3.8, 4) is 6.07 Å². The van der Waals surface area contributed by atoms with Gasteiger partial charge in [-0.15, -0.1) is 11.3 Å². The fourth-order valence-corrected chi connectivity index (χ4v) is 3.52. The molecule has 1 aliphatic rings. The Balaban J connectivity index is 1.63. The van der Waals surface area contributed by atoms with Gasteiger partial charge < -0.3 is 5.32 Å². The van der Waals surface area contributed by atoms with Crippen LogP contribution in [0.15, 0.2) is 24.3 Å². The van der Waals surface area contributed by atoms with Gasteiger partial charge in [-0.1, -0.05) is 12.1 Å². The maximum Gasteiger partial charge on any atom is 0.230 e. The van der Waals surface area contributed by atoms with Crippen LogP contribution in [0.3, 0.4) is 0 Å². The minimum Gasteiger partial charge on any atom is -0.302 e. The molecule has 0 aliphatic heterocycles. The van der Waals surface area contributed by atoms with Gasteiger partial charge in [-0.2, -0.15) is 5.26 Å². The van der Waals surface area contributed by atoms with Crippen LogP contribution in [0.4, 0.5) is 5.13 Å². The van der Waals surface area contributed by atoms with Gasteiger partial charge in [0.15, 0.2) is 5.13 Å². The summed E-state index contributed by atoms with van der Waals surface area (Å²) in [5.74, 6) is -0.0641. The maximum absolute atomic E-state index is 12.0. The van der Waals surface area contributed by atoms with E-state index in [0.717, 1.165) is 24.1 Å². The molecule has 5 heteroatoms. The normalized spacial score (nSPS) is 13.3. The Kier molecular flexibility index (Phi) is 3.98. The third-order valence-corrected chi connectivity index (χ3v) is 4.61. The number of aryl methyl sites for hydroxylation is 2. The third-order valence-electron chi connectivity index (χ3n) is 3.54. The number of carbonyl (C=O) groups is 1. The number of hydrogen-bond acceptors (Lipinski definition) is 4. The molecule has 4 nitrogen and oxygen atoms in total. The van der Waals surface area contributed by atoms with E-state index in [9.17, 15) is 4.79 Å². The van der Waals surface area contributed by atoms with Gasteiger partial charge >= 0.3 is 0 Å². The van der Waals surface area contributed by atoms with Crippen LogP contribution in [0.2, 0.25) is 0 Å². The van der Waals surface area contributed by atoms with Gasteiger partial charge in [-0.25, -0.2) is 4.98 Å². The Bertz CT molecular complexity index is 674. The minimum atomic E-state index is -0.0641. The topological polar surface area (TPSA) is 65.8 Å². The molecule has 0 atom stereocenters. The molecule has 0 saturated heterocycles. The smallest absolute Gasteiger partial charge is 0.230 e. The molecule has 1 aromatic carbocycles. The highest BCUT2D eigenvalue weighted by molar-refractivity contribution is 7.15. The lowest BCUT2D eigenvalue weighted by Crippen LogP contribution is -2.14. The van der Waals surface area contributed by atoms with Gasteiger partial charge in [0.1, 0.15) is 0 Å². The molecule has 0 bridgehead atoms. The SMILES string of the molecule is N#Cc1ccc(CC(=O)Nc2nc3c(s2)CCCC3)cc1. The fourth-order valence-electron chi connectivity index (χ4n) is 2.45. The number of hydrogen-bond donors (Lipinski definition) is 1. The number of benzene rings is 1. The van der Waals surface area contributed by atoms with E-state index < -0.39 is 0 Å². The zero-order valence-electron chi connectivity index (χ0n) is 11.6. The van der Waals surface area contributed by atoms with Gasteiger partial charge in [-0.3, -0.25) is 4.79 Å². The van der Waals surface area contributed by atoms with Crippen molar-refractivity contribution in [1.29, 1.82) is 5.26 Å². The molecular formula is C16H15N3OS. The van der Waals surface area contributed by atoms with Crippen molar-refractivity contribution in [2.24, 2.45) is 0 Å². The number of aromatic nitrogens is 1. The van der Waals surface area contributed by atoms with Crippen LogP contribution in [0.1, 0.15) is 34.5 Å². The molecule has 3 rings (SSSR count). The summed E-state index contributed by atoms with van der Waals surface area (Å²) in [6.07, 6.45) is 4.81. The summed E-state index contributed by atoms with van der Waals surface area (Å²) in [4.78, 5) is 17.9. The van der Waals surface area contributed by atoms with Crippen molar-refractivity contribution in [3.05, 3.63) is 46.0 Å². The molecule has 1 aliphatic carbocycles. The number of rotatable bonds is 3. The van der Waals surface area contributed by atoms with Gasteiger partial charge in [0.05, 0.1) is 23.7 Å². The average Bonchev–Trinajstić information content (AvgIpc) is 2.90. The van der Waals surface area contributed by atoms with E-state index in [4.69, 9.17) is 5.26 Å². The van der Waals surface area contributed by atoms with Gasteiger partial charge in [0.25, 0.3) is 0 Å². The molecule has 0 unspecified atom stereocenters. The Labute approximate surface area is 127 Å². The molecule has 21 heavy (non-hydrogen) atoms. The summed E-state index contributed by atoms with van der Waals surface area (Å²) in [6.45, 7) is 0. The highest BCUT2D eigenvalue weighted by Crippen LogP contribution is 2.29. The number of fused-ring (bicyclic) bond motifs is 1. The second-order valence-corrected chi connectivity index (χ2v) is 6.21. The summed E-state index contributed by atoms with van der Waals surface area (Å²) in [6, 6.07) is 9.14. The molecule has 1 aromatic heterocycles. The van der Waals surface area contributed by atoms with E-state index in [2.05, 4.69) is 16.4 Å². The monoisotopic (exact) mass is 297 g/mol. The summed E-state index contributed by atoms with van der Waals surface area (Å²) in [5, 5.41) is 12.3. The number of anilines is 1. The molecule has 0 radical (unpaired) electrons. The summed E-state index contributed by atoms with van der Waals surface area (Å²) in [5.41, 5.74) is 2.65. The van der Waals surface area contributed by atoms with E-state index in [1.165, 1.54) is 17.7 Å². The van der Waals surface area contributed by atoms with Crippen LogP contribution < -0.4 is 5.32 Å². The molecule has 0 saturated carbocycles. The Hall–Kier alpha value is -2.19. The second-order valence-electron chi connectivity index (χ2n) is 5.13. The van der Waals surface area contributed by atoms with E-state index in [1.807, 2.05) is 12.1 Å². The highest BCUT2D eigenvalue weighted by atomic mass is 32.1. The number of amides is 1. The molecular weight excluding hydrogens is 282 g/mol. The first-order chi connectivity index (χ1) is 10.2. The van der Waals surface area contributed by atoms with Gasteiger partial charge in [0.2, 0.25) is 5.91 Å². The number of nitrogens with one attached hydrogen (secondary N) is 1. The Morgan fingerprint density at radius 2 is 2.05 bits per heavy atom. The van der Waals surface area contributed by atoms with E-state index in [0.29, 0.717) is 17.1 Å². The predicted octanol–water partition coefficient (Wildman–Crippen LogP) is 3.07. The third kappa shape index (κ3) is 3.29. The van der Waals surface area contributed by atoms with Crippen molar-refractivity contribution in [1.82, 2.24) is 4.98 Å². The molecule has 106 valence electrons. The van der Waals surface area contributed by atoms with Crippen LogP contribution in [0.25, 0.3) is 0 Å². The summed E-state index contributed by atoms with van der Waals surface area (Å²) >= 11 is 1.59. The zero-order chi connectivity index (χ0) is 14.7. The van der Waals surface area contributed by atoms with Crippen molar-refractivity contribution < 1.29 is 4.79 Å². The lowest BCUT2D eigenvalue weighted by molar-refractivity contribution is -0.115. The average molecular weight is 297 g/mol. The van der Waals surface area contributed by atoms with Crippen LogP contribution in [0.5, 0.6) is 0 Å².